The van der Waals surface area contributed by atoms with Gasteiger partial charge in [0, 0.05) is 48.5 Å². The molecule has 0 saturated heterocycles. The number of aromatic nitrogens is 5. The van der Waals surface area contributed by atoms with Gasteiger partial charge in [-0.25, -0.2) is 9.67 Å². The summed E-state index contributed by atoms with van der Waals surface area (Å²) < 4.78 is 9.22. The minimum Gasteiger partial charge on any atom is -0.495 e. The lowest BCUT2D eigenvalue weighted by Gasteiger charge is -2.30. The first-order valence-electron chi connectivity index (χ1n) is 13.8. The molecule has 6 rings (SSSR count). The van der Waals surface area contributed by atoms with Crippen molar-refractivity contribution in [3.05, 3.63) is 102 Å². The molecule has 1 amide bonds. The summed E-state index contributed by atoms with van der Waals surface area (Å²) in [5.74, 6) is 1.89. The quantitative estimate of drug-likeness (QED) is 0.202. The molecule has 1 aliphatic rings. The van der Waals surface area contributed by atoms with Gasteiger partial charge in [-0.2, -0.15) is 5.10 Å². The Kier molecular flexibility index (Phi) is 7.82. The van der Waals surface area contributed by atoms with Crippen molar-refractivity contribution in [1.82, 2.24) is 29.2 Å². The molecule has 1 fully saturated rings. The molecule has 3 heterocycles. The van der Waals surface area contributed by atoms with Crippen molar-refractivity contribution < 1.29 is 9.53 Å². The summed E-state index contributed by atoms with van der Waals surface area (Å²) in [7, 11) is 1.59. The molecule has 5 aromatic rings. The molecule has 0 spiro atoms. The zero-order valence-corrected chi connectivity index (χ0v) is 23.6. The highest BCUT2D eigenvalue weighted by Crippen LogP contribution is 2.31. The van der Waals surface area contributed by atoms with Gasteiger partial charge in [-0.3, -0.25) is 9.78 Å². The molecule has 0 aliphatic heterocycles. The van der Waals surface area contributed by atoms with Gasteiger partial charge >= 0.3 is 0 Å². The Balaban J connectivity index is 1.35. The topological polar surface area (TPSA) is 78.1 Å². The van der Waals surface area contributed by atoms with Gasteiger partial charge in [-0.15, -0.1) is 0 Å². The number of benzene rings is 2. The Labute approximate surface area is 244 Å². The number of amides is 1. The average molecular weight is 567 g/mol. The van der Waals surface area contributed by atoms with Crippen molar-refractivity contribution in [2.75, 3.05) is 13.7 Å². The van der Waals surface area contributed by atoms with Crippen molar-refractivity contribution in [3.63, 3.8) is 0 Å². The fraction of sp³-hybridized carbons (Fsp3) is 0.250. The summed E-state index contributed by atoms with van der Waals surface area (Å²) in [5.41, 5.74) is 3.25. The Morgan fingerprint density at radius 1 is 1.00 bits per heavy atom. The standard InChI is InChI=1S/C32H31ClN6O2/c1-41-29-13-12-24(22-27(29)33)31-35-30(23-14-16-34-17-15-23)36-39(31)21-20-38(25-8-2-3-9-25)32(40)26-10-4-5-11-28(26)37-18-6-7-19-37/h4-7,10-19,22,25H,2-3,8-9,20-21H2,1H3. The normalized spacial score (nSPS) is 13.4. The Morgan fingerprint density at radius 3 is 2.49 bits per heavy atom. The van der Waals surface area contributed by atoms with Crippen molar-refractivity contribution in [1.29, 1.82) is 0 Å². The summed E-state index contributed by atoms with van der Waals surface area (Å²) in [6, 6.07) is 21.3. The first kappa shape index (κ1) is 26.8. The predicted octanol–water partition coefficient (Wildman–Crippen LogP) is 6.54. The van der Waals surface area contributed by atoms with Crippen molar-refractivity contribution >= 4 is 17.5 Å². The fourth-order valence-corrected chi connectivity index (χ4v) is 5.80. The maximum absolute atomic E-state index is 14.2. The number of nitrogens with zero attached hydrogens (tertiary/aromatic N) is 6. The van der Waals surface area contributed by atoms with E-state index in [-0.39, 0.29) is 11.9 Å². The van der Waals surface area contributed by atoms with Crippen LogP contribution in [0.3, 0.4) is 0 Å². The second-order valence-electron chi connectivity index (χ2n) is 10.1. The molecule has 9 heteroatoms. The van der Waals surface area contributed by atoms with Crippen molar-refractivity contribution in [3.8, 4) is 34.2 Å². The zero-order chi connectivity index (χ0) is 28.2. The zero-order valence-electron chi connectivity index (χ0n) is 22.9. The molecule has 8 nitrogen and oxygen atoms in total. The van der Waals surface area contributed by atoms with Gasteiger partial charge < -0.3 is 14.2 Å². The van der Waals surface area contributed by atoms with E-state index in [1.807, 2.05) is 93.3 Å². The Bertz CT molecular complexity index is 1630. The van der Waals surface area contributed by atoms with Crippen molar-refractivity contribution in [2.24, 2.45) is 0 Å². The molecule has 208 valence electrons. The number of carbonyl (C=O) groups is 1. The van der Waals surface area contributed by atoms with E-state index < -0.39 is 0 Å². The number of hydrogen-bond donors (Lipinski definition) is 0. The number of pyridine rings is 1. The van der Waals surface area contributed by atoms with Gasteiger partial charge in [0.2, 0.25) is 0 Å². The minimum absolute atomic E-state index is 0.0321. The van der Waals surface area contributed by atoms with Crippen LogP contribution in [0.4, 0.5) is 0 Å². The Morgan fingerprint density at radius 2 is 1.76 bits per heavy atom. The lowest BCUT2D eigenvalue weighted by molar-refractivity contribution is 0.0672. The van der Waals surface area contributed by atoms with E-state index in [0.717, 1.165) is 42.5 Å². The van der Waals surface area contributed by atoms with Crippen LogP contribution in [0, 0.1) is 0 Å². The van der Waals surface area contributed by atoms with Gasteiger partial charge in [0.05, 0.1) is 29.9 Å². The third kappa shape index (κ3) is 5.60. The first-order valence-corrected chi connectivity index (χ1v) is 14.2. The van der Waals surface area contributed by atoms with E-state index in [2.05, 4.69) is 4.98 Å². The molecule has 1 aliphatic carbocycles. The second-order valence-corrected chi connectivity index (χ2v) is 10.5. The molecule has 41 heavy (non-hydrogen) atoms. The summed E-state index contributed by atoms with van der Waals surface area (Å²) in [4.78, 5) is 25.2. The van der Waals surface area contributed by atoms with Crippen LogP contribution < -0.4 is 4.74 Å². The van der Waals surface area contributed by atoms with Crippen LogP contribution in [0.1, 0.15) is 36.0 Å². The second kappa shape index (κ2) is 12.0. The third-order valence-electron chi connectivity index (χ3n) is 7.62. The first-order chi connectivity index (χ1) is 20.1. The summed E-state index contributed by atoms with van der Waals surface area (Å²) in [6.07, 6.45) is 11.6. The third-order valence-corrected chi connectivity index (χ3v) is 7.91. The summed E-state index contributed by atoms with van der Waals surface area (Å²) in [6.45, 7) is 0.977. The number of para-hydroxylation sites is 1. The van der Waals surface area contributed by atoms with Gasteiger partial charge in [0.1, 0.15) is 5.75 Å². The van der Waals surface area contributed by atoms with Crippen molar-refractivity contribution in [2.45, 2.75) is 38.3 Å². The van der Waals surface area contributed by atoms with Crippen LogP contribution in [-0.2, 0) is 6.54 Å². The van der Waals surface area contributed by atoms with Gasteiger partial charge in [-0.05, 0) is 67.4 Å². The highest BCUT2D eigenvalue weighted by Gasteiger charge is 2.29. The smallest absolute Gasteiger partial charge is 0.256 e. The van der Waals surface area contributed by atoms with E-state index in [1.54, 1.807) is 19.5 Å². The SMILES string of the molecule is COc1ccc(-c2nc(-c3ccncc3)nn2CCN(C(=O)c2ccccc2-n2cccc2)C2CCCC2)cc1Cl. The molecule has 0 bridgehead atoms. The molecule has 2 aromatic carbocycles. The van der Waals surface area contributed by atoms with E-state index >= 15 is 0 Å². The molecule has 0 radical (unpaired) electrons. The van der Waals surface area contributed by atoms with Gasteiger partial charge in [0.25, 0.3) is 5.91 Å². The average Bonchev–Trinajstić information content (AvgIpc) is 3.81. The lowest BCUT2D eigenvalue weighted by Crippen LogP contribution is -2.41. The maximum Gasteiger partial charge on any atom is 0.256 e. The van der Waals surface area contributed by atoms with Crippen LogP contribution in [0.15, 0.2) is 91.5 Å². The minimum atomic E-state index is 0.0321. The largest absolute Gasteiger partial charge is 0.495 e. The molecule has 0 unspecified atom stereocenters. The van der Waals surface area contributed by atoms with Gasteiger partial charge in [-0.1, -0.05) is 36.6 Å². The highest BCUT2D eigenvalue weighted by molar-refractivity contribution is 6.32. The highest BCUT2D eigenvalue weighted by atomic mass is 35.5. The number of halogens is 1. The molecular formula is C32H31ClN6O2. The monoisotopic (exact) mass is 566 g/mol. The van der Waals surface area contributed by atoms with E-state index in [1.165, 1.54) is 0 Å². The predicted molar refractivity (Wildman–Crippen MR) is 159 cm³/mol. The van der Waals surface area contributed by atoms with E-state index in [4.69, 9.17) is 26.4 Å². The van der Waals surface area contributed by atoms with E-state index in [0.29, 0.717) is 41.1 Å². The Hall–Kier alpha value is -4.43. The van der Waals surface area contributed by atoms with Crippen LogP contribution >= 0.6 is 11.6 Å². The lowest BCUT2D eigenvalue weighted by atomic mass is 10.1. The van der Waals surface area contributed by atoms with Crippen LogP contribution in [0.5, 0.6) is 5.75 Å². The van der Waals surface area contributed by atoms with Crippen LogP contribution in [0.2, 0.25) is 5.02 Å². The molecular weight excluding hydrogens is 536 g/mol. The molecule has 1 saturated carbocycles. The van der Waals surface area contributed by atoms with E-state index in [9.17, 15) is 4.79 Å². The summed E-state index contributed by atoms with van der Waals surface area (Å²) in [5, 5.41) is 5.37. The number of methoxy groups -OCH3 is 1. The number of hydrogen-bond acceptors (Lipinski definition) is 5. The van der Waals surface area contributed by atoms with Crippen LogP contribution in [-0.4, -0.2) is 54.8 Å². The fourth-order valence-electron chi connectivity index (χ4n) is 5.54. The number of carbonyl (C=O) groups excluding carboxylic acids is 1. The molecule has 3 aromatic heterocycles. The molecule has 0 atom stereocenters. The number of ether oxygens (including phenoxy) is 1. The molecule has 0 N–H and O–H groups in total. The number of rotatable bonds is 9. The maximum atomic E-state index is 14.2. The summed E-state index contributed by atoms with van der Waals surface area (Å²) >= 11 is 6.49. The van der Waals surface area contributed by atoms with Gasteiger partial charge in [0.15, 0.2) is 11.6 Å². The van der Waals surface area contributed by atoms with Crippen LogP contribution in [0.25, 0.3) is 28.5 Å².